The fourth-order valence-corrected chi connectivity index (χ4v) is 5.35. The van der Waals surface area contributed by atoms with Gasteiger partial charge in [0.05, 0.1) is 11.4 Å². The number of carbonyl (C=O) groups is 1. The molecule has 1 unspecified atom stereocenters. The van der Waals surface area contributed by atoms with Gasteiger partial charge in [-0.3, -0.25) is 9.52 Å². The molecule has 0 bridgehead atoms. The third-order valence-electron chi connectivity index (χ3n) is 4.91. The number of sulfonamides is 1. The van der Waals surface area contributed by atoms with E-state index < -0.39 is 10.0 Å². The largest absolute Gasteiger partial charge is 0.345 e. The molecule has 0 fully saturated rings. The molecule has 0 saturated carbocycles. The molecule has 0 aliphatic carbocycles. The second-order valence-corrected chi connectivity index (χ2v) is 9.84. The molecule has 31 heavy (non-hydrogen) atoms. The number of amides is 1. The fraction of sp³-hybridized carbons (Fsp3) is 0.125. The summed E-state index contributed by atoms with van der Waals surface area (Å²) in [6, 6.07) is 23.7. The topological polar surface area (TPSA) is 75.3 Å². The second kappa shape index (κ2) is 9.41. The van der Waals surface area contributed by atoms with Crippen molar-refractivity contribution in [1.82, 2.24) is 5.32 Å². The van der Waals surface area contributed by atoms with Crippen molar-refractivity contribution < 1.29 is 13.2 Å². The second-order valence-electron chi connectivity index (χ2n) is 7.14. The molecule has 158 valence electrons. The first-order chi connectivity index (χ1) is 15.0. The smallest absolute Gasteiger partial charge is 0.255 e. The van der Waals surface area contributed by atoms with Gasteiger partial charge in [0.1, 0.15) is 0 Å². The van der Waals surface area contributed by atoms with Gasteiger partial charge in [0.25, 0.3) is 15.9 Å². The molecule has 0 saturated heterocycles. The van der Waals surface area contributed by atoms with E-state index in [0.29, 0.717) is 11.3 Å². The number of hydrogen-bond acceptors (Lipinski definition) is 4. The molecule has 0 spiro atoms. The minimum absolute atomic E-state index is 0.0220. The van der Waals surface area contributed by atoms with Crippen LogP contribution in [0.4, 0.5) is 5.69 Å². The first-order valence-electron chi connectivity index (χ1n) is 9.89. The Morgan fingerprint density at radius 3 is 2.42 bits per heavy atom. The van der Waals surface area contributed by atoms with E-state index in [0.717, 1.165) is 28.7 Å². The van der Waals surface area contributed by atoms with Crippen LogP contribution in [0.5, 0.6) is 0 Å². The Balaban J connectivity index is 1.40. The van der Waals surface area contributed by atoms with E-state index in [4.69, 9.17) is 0 Å². The third-order valence-corrected chi connectivity index (χ3v) is 7.05. The molecule has 1 atom stereocenters. The Kier molecular flexibility index (Phi) is 6.44. The van der Waals surface area contributed by atoms with Gasteiger partial charge in [-0.1, -0.05) is 48.5 Å². The quantitative estimate of drug-likeness (QED) is 0.550. The average Bonchev–Trinajstić information content (AvgIpc) is 2.79. The summed E-state index contributed by atoms with van der Waals surface area (Å²) in [5, 5.41) is 4.22. The van der Waals surface area contributed by atoms with Crippen LogP contribution < -0.4 is 10.0 Å². The highest BCUT2D eigenvalue weighted by Crippen LogP contribution is 2.35. The summed E-state index contributed by atoms with van der Waals surface area (Å²) < 4.78 is 27.1. The molecule has 3 aromatic carbocycles. The van der Waals surface area contributed by atoms with Crippen molar-refractivity contribution in [2.45, 2.75) is 17.4 Å². The maximum absolute atomic E-state index is 12.7. The SMILES string of the molecule is O=C(NC1CCSc2ccccc21)c1ccc(NS(=O)(=O)/C=C/c2ccccc2)cc1. The van der Waals surface area contributed by atoms with Crippen LogP contribution in [0, 0.1) is 0 Å². The van der Waals surface area contributed by atoms with Crippen LogP contribution in [0.15, 0.2) is 89.2 Å². The monoisotopic (exact) mass is 450 g/mol. The van der Waals surface area contributed by atoms with Gasteiger partial charge >= 0.3 is 0 Å². The predicted molar refractivity (Wildman–Crippen MR) is 126 cm³/mol. The third kappa shape index (κ3) is 5.57. The van der Waals surface area contributed by atoms with Crippen LogP contribution in [0.1, 0.15) is 33.9 Å². The van der Waals surface area contributed by atoms with E-state index in [9.17, 15) is 13.2 Å². The molecule has 1 amide bonds. The predicted octanol–water partition coefficient (Wildman–Crippen LogP) is 5.07. The fourth-order valence-electron chi connectivity index (χ4n) is 3.35. The Morgan fingerprint density at radius 1 is 0.935 bits per heavy atom. The van der Waals surface area contributed by atoms with Gasteiger partial charge in [-0.05, 0) is 54.0 Å². The summed E-state index contributed by atoms with van der Waals surface area (Å²) in [7, 11) is -3.66. The summed E-state index contributed by atoms with van der Waals surface area (Å²) in [6.07, 6.45) is 2.41. The zero-order valence-corrected chi connectivity index (χ0v) is 18.3. The van der Waals surface area contributed by atoms with Gasteiger partial charge in [-0.25, -0.2) is 8.42 Å². The molecule has 1 aliphatic rings. The highest BCUT2D eigenvalue weighted by molar-refractivity contribution is 7.99. The molecular formula is C24H22N2O3S2. The van der Waals surface area contributed by atoms with Crippen LogP contribution in [0.2, 0.25) is 0 Å². The van der Waals surface area contributed by atoms with Crippen molar-refractivity contribution >= 4 is 39.5 Å². The molecule has 0 radical (unpaired) electrons. The van der Waals surface area contributed by atoms with Crippen molar-refractivity contribution in [1.29, 1.82) is 0 Å². The Hall–Kier alpha value is -3.03. The molecule has 4 rings (SSSR count). The summed E-state index contributed by atoms with van der Waals surface area (Å²) in [4.78, 5) is 13.9. The van der Waals surface area contributed by atoms with Gasteiger partial charge in [0, 0.05) is 21.9 Å². The van der Waals surface area contributed by atoms with E-state index in [1.54, 1.807) is 36.0 Å². The minimum atomic E-state index is -3.66. The number of benzene rings is 3. The van der Waals surface area contributed by atoms with Gasteiger partial charge < -0.3 is 5.32 Å². The molecule has 0 aromatic heterocycles. The van der Waals surface area contributed by atoms with E-state index in [1.807, 2.05) is 48.5 Å². The lowest BCUT2D eigenvalue weighted by atomic mass is 10.0. The molecule has 2 N–H and O–H groups in total. The Labute approximate surface area is 186 Å². The minimum Gasteiger partial charge on any atom is -0.345 e. The standard InChI is InChI=1S/C24H22N2O3S2/c27-24(25-22-14-16-30-23-9-5-4-8-21(22)23)19-10-12-20(13-11-19)26-31(28,29)17-15-18-6-2-1-3-7-18/h1-13,15,17,22,26H,14,16H2,(H,25,27)/b17-15+. The number of rotatable bonds is 6. The number of carbonyl (C=O) groups excluding carboxylic acids is 1. The summed E-state index contributed by atoms with van der Waals surface area (Å²) in [5.74, 6) is 0.782. The lowest BCUT2D eigenvalue weighted by Gasteiger charge is -2.25. The first-order valence-corrected chi connectivity index (χ1v) is 12.4. The van der Waals surface area contributed by atoms with E-state index in [2.05, 4.69) is 16.1 Å². The van der Waals surface area contributed by atoms with Crippen molar-refractivity contribution in [3.05, 3.63) is 101 Å². The van der Waals surface area contributed by atoms with Crippen molar-refractivity contribution in [3.63, 3.8) is 0 Å². The number of nitrogens with one attached hydrogen (secondary N) is 2. The molecule has 5 nitrogen and oxygen atoms in total. The van der Waals surface area contributed by atoms with Crippen LogP contribution >= 0.6 is 11.8 Å². The maximum Gasteiger partial charge on any atom is 0.255 e. The van der Waals surface area contributed by atoms with Gasteiger partial charge in [-0.15, -0.1) is 11.8 Å². The lowest BCUT2D eigenvalue weighted by molar-refractivity contribution is 0.0935. The van der Waals surface area contributed by atoms with Gasteiger partial charge in [-0.2, -0.15) is 0 Å². The number of hydrogen-bond donors (Lipinski definition) is 2. The number of anilines is 1. The summed E-state index contributed by atoms with van der Waals surface area (Å²) >= 11 is 1.80. The highest BCUT2D eigenvalue weighted by Gasteiger charge is 2.22. The van der Waals surface area contributed by atoms with Crippen molar-refractivity contribution in [2.75, 3.05) is 10.5 Å². The van der Waals surface area contributed by atoms with Crippen LogP contribution in [0.3, 0.4) is 0 Å². The summed E-state index contributed by atoms with van der Waals surface area (Å²) in [6.45, 7) is 0. The van der Waals surface area contributed by atoms with Crippen LogP contribution in [-0.2, 0) is 10.0 Å². The van der Waals surface area contributed by atoms with E-state index in [-0.39, 0.29) is 11.9 Å². The van der Waals surface area contributed by atoms with Crippen molar-refractivity contribution in [2.24, 2.45) is 0 Å². The molecule has 1 heterocycles. The number of fused-ring (bicyclic) bond motifs is 1. The highest BCUT2D eigenvalue weighted by atomic mass is 32.2. The Morgan fingerprint density at radius 2 is 1.65 bits per heavy atom. The lowest BCUT2D eigenvalue weighted by Crippen LogP contribution is -2.30. The zero-order valence-electron chi connectivity index (χ0n) is 16.7. The average molecular weight is 451 g/mol. The maximum atomic E-state index is 12.7. The zero-order chi connectivity index (χ0) is 21.7. The first kappa shape index (κ1) is 21.2. The van der Waals surface area contributed by atoms with Crippen molar-refractivity contribution in [3.8, 4) is 0 Å². The molecule has 7 heteroatoms. The Bertz CT molecular complexity index is 1190. The normalized spacial score (nSPS) is 15.9. The van der Waals surface area contributed by atoms with Gasteiger partial charge in [0.15, 0.2) is 0 Å². The van der Waals surface area contributed by atoms with Crippen LogP contribution in [-0.4, -0.2) is 20.1 Å². The number of thioether (sulfide) groups is 1. The van der Waals surface area contributed by atoms with Gasteiger partial charge in [0.2, 0.25) is 0 Å². The molecular weight excluding hydrogens is 428 g/mol. The molecule has 1 aliphatic heterocycles. The van der Waals surface area contributed by atoms with E-state index in [1.165, 1.54) is 11.0 Å². The molecule has 3 aromatic rings. The summed E-state index contributed by atoms with van der Waals surface area (Å²) in [5.41, 5.74) is 2.82. The van der Waals surface area contributed by atoms with Crippen LogP contribution in [0.25, 0.3) is 6.08 Å². The van der Waals surface area contributed by atoms with E-state index >= 15 is 0 Å².